The van der Waals surface area contributed by atoms with Crippen LogP contribution in [0.5, 0.6) is 17.2 Å². The largest absolute Gasteiger partial charge is 0.493 e. The Labute approximate surface area is 201 Å². The van der Waals surface area contributed by atoms with Crippen LogP contribution >= 0.6 is 24.0 Å². The first-order valence-corrected chi connectivity index (χ1v) is 11.2. The standard InChI is InChI=1S/C23H24N2O6S2/c1-29-17-11-15(12-18(30-2)21(17)31-3)13-19-22(28)25(23(32)33-19)14-20(27)24(9-10-26)16-7-5-4-6-8-16/h4-8,11-13,26H,9-10,14H2,1-3H3/b19-13+. The van der Waals surface area contributed by atoms with Gasteiger partial charge in [0, 0.05) is 12.2 Å². The third kappa shape index (κ3) is 5.47. The van der Waals surface area contributed by atoms with Crippen molar-refractivity contribution in [3.63, 3.8) is 0 Å². The Morgan fingerprint density at radius 1 is 1.12 bits per heavy atom. The topological polar surface area (TPSA) is 88.5 Å². The summed E-state index contributed by atoms with van der Waals surface area (Å²) < 4.78 is 16.3. The van der Waals surface area contributed by atoms with Crippen molar-refractivity contribution in [1.82, 2.24) is 4.90 Å². The van der Waals surface area contributed by atoms with Gasteiger partial charge in [-0.2, -0.15) is 0 Å². The number of anilines is 1. The molecule has 0 radical (unpaired) electrons. The van der Waals surface area contributed by atoms with Gasteiger partial charge in [0.15, 0.2) is 11.5 Å². The molecular weight excluding hydrogens is 464 g/mol. The Bertz CT molecular complexity index is 1050. The Balaban J connectivity index is 1.83. The van der Waals surface area contributed by atoms with E-state index in [-0.39, 0.29) is 35.8 Å². The second-order valence-corrected chi connectivity index (χ2v) is 8.51. The van der Waals surface area contributed by atoms with E-state index in [0.717, 1.165) is 11.8 Å². The zero-order valence-corrected chi connectivity index (χ0v) is 20.1. The fraction of sp³-hybridized carbons (Fsp3) is 0.261. The summed E-state index contributed by atoms with van der Waals surface area (Å²) in [6.45, 7) is -0.328. The average Bonchev–Trinajstić information content (AvgIpc) is 3.09. The summed E-state index contributed by atoms with van der Waals surface area (Å²) in [7, 11) is 4.53. The van der Waals surface area contributed by atoms with E-state index in [9.17, 15) is 14.7 Å². The van der Waals surface area contributed by atoms with Crippen molar-refractivity contribution in [2.75, 3.05) is 45.9 Å². The van der Waals surface area contributed by atoms with Crippen LogP contribution in [0.2, 0.25) is 0 Å². The lowest BCUT2D eigenvalue weighted by atomic mass is 10.1. The quantitative estimate of drug-likeness (QED) is 0.426. The summed E-state index contributed by atoms with van der Waals surface area (Å²) >= 11 is 6.48. The number of carbonyl (C=O) groups is 2. The maximum Gasteiger partial charge on any atom is 0.266 e. The number of carbonyl (C=O) groups excluding carboxylic acids is 2. The highest BCUT2D eigenvalue weighted by Crippen LogP contribution is 2.40. The number of aliphatic hydroxyl groups is 1. The Morgan fingerprint density at radius 3 is 2.30 bits per heavy atom. The van der Waals surface area contributed by atoms with E-state index in [4.69, 9.17) is 26.4 Å². The third-order valence-electron chi connectivity index (χ3n) is 4.84. The number of amides is 2. The van der Waals surface area contributed by atoms with Crippen LogP contribution in [-0.4, -0.2) is 67.2 Å². The van der Waals surface area contributed by atoms with Gasteiger partial charge in [-0.3, -0.25) is 14.5 Å². The van der Waals surface area contributed by atoms with Crippen LogP contribution in [0.4, 0.5) is 5.69 Å². The summed E-state index contributed by atoms with van der Waals surface area (Å²) in [5, 5.41) is 9.40. The Hall–Kier alpha value is -3.08. The highest BCUT2D eigenvalue weighted by Gasteiger charge is 2.34. The van der Waals surface area contributed by atoms with Gasteiger partial charge in [-0.15, -0.1) is 0 Å². The second-order valence-electron chi connectivity index (χ2n) is 6.83. The van der Waals surface area contributed by atoms with Gasteiger partial charge in [-0.05, 0) is 35.9 Å². The van der Waals surface area contributed by atoms with Crippen LogP contribution in [0.15, 0.2) is 47.4 Å². The molecule has 0 saturated carbocycles. The van der Waals surface area contributed by atoms with Crippen molar-refractivity contribution in [2.45, 2.75) is 0 Å². The molecule has 0 spiro atoms. The number of thioether (sulfide) groups is 1. The highest BCUT2D eigenvalue weighted by atomic mass is 32.2. The van der Waals surface area contributed by atoms with Gasteiger partial charge in [0.2, 0.25) is 11.7 Å². The predicted octanol–water partition coefficient (Wildman–Crippen LogP) is 2.94. The lowest BCUT2D eigenvalue weighted by Crippen LogP contribution is -2.43. The summed E-state index contributed by atoms with van der Waals surface area (Å²) in [4.78, 5) is 29.1. The number of benzene rings is 2. The van der Waals surface area contributed by atoms with Gasteiger partial charge in [0.1, 0.15) is 10.9 Å². The van der Waals surface area contributed by atoms with Crippen LogP contribution < -0.4 is 19.1 Å². The zero-order valence-electron chi connectivity index (χ0n) is 18.4. The zero-order chi connectivity index (χ0) is 24.0. The molecule has 1 aliphatic rings. The monoisotopic (exact) mass is 488 g/mol. The van der Waals surface area contributed by atoms with E-state index < -0.39 is 0 Å². The molecule has 174 valence electrons. The number of aliphatic hydroxyl groups excluding tert-OH is 1. The molecule has 3 rings (SSSR count). The normalized spacial score (nSPS) is 14.5. The van der Waals surface area contributed by atoms with Crippen LogP contribution in [0, 0.1) is 0 Å². The van der Waals surface area contributed by atoms with Crippen LogP contribution in [0.1, 0.15) is 5.56 Å². The number of methoxy groups -OCH3 is 3. The maximum atomic E-state index is 13.0. The molecule has 1 N–H and O–H groups in total. The first-order chi connectivity index (χ1) is 15.9. The molecule has 0 bridgehead atoms. The molecule has 0 aliphatic carbocycles. The predicted molar refractivity (Wildman–Crippen MR) is 132 cm³/mol. The summed E-state index contributed by atoms with van der Waals surface area (Å²) in [5.74, 6) is 0.636. The molecule has 0 aromatic heterocycles. The summed E-state index contributed by atoms with van der Waals surface area (Å²) in [5.41, 5.74) is 1.29. The number of nitrogens with zero attached hydrogens (tertiary/aromatic N) is 2. The summed E-state index contributed by atoms with van der Waals surface area (Å²) in [6, 6.07) is 12.4. The molecule has 1 fully saturated rings. The van der Waals surface area contributed by atoms with E-state index >= 15 is 0 Å². The number of ether oxygens (including phenoxy) is 3. The fourth-order valence-corrected chi connectivity index (χ4v) is 4.55. The van der Waals surface area contributed by atoms with Crippen molar-refractivity contribution >= 4 is 51.9 Å². The van der Waals surface area contributed by atoms with Crippen molar-refractivity contribution < 1.29 is 28.9 Å². The first-order valence-electron chi connectivity index (χ1n) is 9.95. The van der Waals surface area contributed by atoms with Crippen molar-refractivity contribution in [3.05, 3.63) is 52.9 Å². The van der Waals surface area contributed by atoms with Gasteiger partial charge in [-0.1, -0.05) is 42.2 Å². The number of para-hydroxylation sites is 1. The Kier molecular flexibility index (Phi) is 8.32. The molecule has 8 nitrogen and oxygen atoms in total. The minimum atomic E-state index is -0.371. The lowest BCUT2D eigenvalue weighted by molar-refractivity contribution is -0.127. The van der Waals surface area contributed by atoms with Crippen LogP contribution in [-0.2, 0) is 9.59 Å². The van der Waals surface area contributed by atoms with Crippen LogP contribution in [0.25, 0.3) is 6.08 Å². The van der Waals surface area contributed by atoms with Gasteiger partial charge < -0.3 is 24.2 Å². The van der Waals surface area contributed by atoms with Crippen molar-refractivity contribution in [2.24, 2.45) is 0 Å². The molecule has 10 heteroatoms. The third-order valence-corrected chi connectivity index (χ3v) is 6.22. The molecule has 33 heavy (non-hydrogen) atoms. The van der Waals surface area contributed by atoms with E-state index in [0.29, 0.717) is 33.4 Å². The van der Waals surface area contributed by atoms with E-state index in [2.05, 4.69) is 0 Å². The average molecular weight is 489 g/mol. The number of thiocarbonyl (C=S) groups is 1. The molecule has 0 atom stereocenters. The summed E-state index contributed by atoms with van der Waals surface area (Å²) in [6.07, 6.45) is 1.66. The maximum absolute atomic E-state index is 13.0. The van der Waals surface area contributed by atoms with Crippen LogP contribution in [0.3, 0.4) is 0 Å². The number of rotatable bonds is 9. The van der Waals surface area contributed by atoms with E-state index in [1.54, 1.807) is 42.5 Å². The number of hydrogen-bond acceptors (Lipinski definition) is 8. The van der Waals surface area contributed by atoms with Gasteiger partial charge in [0.25, 0.3) is 5.91 Å². The van der Waals surface area contributed by atoms with Crippen molar-refractivity contribution in [1.29, 1.82) is 0 Å². The number of hydrogen-bond donors (Lipinski definition) is 1. The SMILES string of the molecule is COc1cc(/C=C2/SC(=S)N(CC(=O)N(CCO)c3ccccc3)C2=O)cc(OC)c1OC. The lowest BCUT2D eigenvalue weighted by Gasteiger charge is -2.24. The minimum Gasteiger partial charge on any atom is -0.493 e. The second kappa shape index (κ2) is 11.2. The smallest absolute Gasteiger partial charge is 0.266 e. The molecule has 2 aromatic rings. The van der Waals surface area contributed by atoms with E-state index in [1.807, 2.05) is 6.07 Å². The van der Waals surface area contributed by atoms with E-state index in [1.165, 1.54) is 31.1 Å². The van der Waals surface area contributed by atoms with Gasteiger partial charge in [0.05, 0.1) is 32.8 Å². The highest BCUT2D eigenvalue weighted by molar-refractivity contribution is 8.26. The molecule has 2 amide bonds. The Morgan fingerprint density at radius 2 is 1.76 bits per heavy atom. The first kappa shape index (κ1) is 24.6. The molecular formula is C23H24N2O6S2. The molecule has 1 aliphatic heterocycles. The molecule has 2 aromatic carbocycles. The van der Waals surface area contributed by atoms with Gasteiger partial charge >= 0.3 is 0 Å². The fourth-order valence-electron chi connectivity index (χ4n) is 3.30. The minimum absolute atomic E-state index is 0.110. The van der Waals surface area contributed by atoms with Crippen molar-refractivity contribution in [3.8, 4) is 17.2 Å². The molecule has 1 saturated heterocycles. The molecule has 1 heterocycles. The van der Waals surface area contributed by atoms with Gasteiger partial charge in [-0.25, -0.2) is 0 Å². The molecule has 0 unspecified atom stereocenters.